The lowest BCUT2D eigenvalue weighted by atomic mass is 9.79. The maximum atomic E-state index is 14.3. The number of hydrogen-bond acceptors (Lipinski definition) is 4. The minimum absolute atomic E-state index is 0.0594. The van der Waals surface area contributed by atoms with E-state index in [9.17, 15) is 9.18 Å². The first-order valence-electron chi connectivity index (χ1n) is 9.88. The molecule has 0 bridgehead atoms. The maximum absolute atomic E-state index is 14.3. The van der Waals surface area contributed by atoms with Gasteiger partial charge in [0.15, 0.2) is 5.82 Å². The van der Waals surface area contributed by atoms with Gasteiger partial charge in [0.2, 0.25) is 0 Å². The number of nitrogens with one attached hydrogen (secondary N) is 3. The monoisotopic (exact) mass is 369 g/mol. The van der Waals surface area contributed by atoms with Crippen LogP contribution < -0.4 is 16.2 Å². The van der Waals surface area contributed by atoms with Crippen LogP contribution in [0.1, 0.15) is 37.7 Å². The molecule has 2 heterocycles. The van der Waals surface area contributed by atoms with Crippen LogP contribution in [0, 0.1) is 34.4 Å². The van der Waals surface area contributed by atoms with Crippen LogP contribution in [0.3, 0.4) is 0 Å². The van der Waals surface area contributed by atoms with E-state index >= 15 is 0 Å². The van der Waals surface area contributed by atoms with Crippen LogP contribution in [0.2, 0.25) is 0 Å². The van der Waals surface area contributed by atoms with Gasteiger partial charge in [0.1, 0.15) is 6.07 Å². The zero-order chi connectivity index (χ0) is 18.6. The van der Waals surface area contributed by atoms with E-state index in [0.717, 1.165) is 12.3 Å². The summed E-state index contributed by atoms with van der Waals surface area (Å²) in [5, 5.41) is 11.6. The molecular weight excluding hydrogens is 345 g/mol. The van der Waals surface area contributed by atoms with Gasteiger partial charge in [0.05, 0.1) is 11.3 Å². The highest BCUT2D eigenvalue weighted by Gasteiger charge is 2.64. The Kier molecular flexibility index (Phi) is 3.88. The lowest BCUT2D eigenvalue weighted by Crippen LogP contribution is -2.51. The first kappa shape index (κ1) is 17.0. The number of likely N-dealkylation sites (tertiary alicyclic amines) is 1. The first-order valence-corrected chi connectivity index (χ1v) is 9.88. The van der Waals surface area contributed by atoms with Gasteiger partial charge in [-0.3, -0.25) is 10.9 Å². The average molecular weight is 369 g/mol. The van der Waals surface area contributed by atoms with Crippen molar-refractivity contribution < 1.29 is 9.18 Å². The van der Waals surface area contributed by atoms with Gasteiger partial charge < -0.3 is 10.2 Å². The molecule has 2 saturated carbocycles. The van der Waals surface area contributed by atoms with Crippen LogP contribution >= 0.6 is 0 Å². The van der Waals surface area contributed by atoms with E-state index in [1.165, 1.54) is 37.8 Å². The average Bonchev–Trinajstić information content (AvgIpc) is 3.04. The SMILES string of the molecule is N#Cc1cccc(NC(=O)N2CCC3NNC(C45CCCC4C5)C3C2)c1F. The van der Waals surface area contributed by atoms with Crippen molar-refractivity contribution in [3.63, 3.8) is 0 Å². The number of amides is 2. The number of anilines is 1. The molecule has 2 aliphatic heterocycles. The predicted octanol–water partition coefficient (Wildman–Crippen LogP) is 2.59. The predicted molar refractivity (Wildman–Crippen MR) is 98.1 cm³/mol. The highest BCUT2D eigenvalue weighted by molar-refractivity contribution is 5.89. The number of benzene rings is 1. The van der Waals surface area contributed by atoms with Crippen molar-refractivity contribution in [1.82, 2.24) is 15.8 Å². The third-order valence-electron chi connectivity index (χ3n) is 7.25. The number of fused-ring (bicyclic) bond motifs is 2. The number of halogens is 1. The quantitative estimate of drug-likeness (QED) is 0.749. The lowest BCUT2D eigenvalue weighted by molar-refractivity contribution is 0.150. The van der Waals surface area contributed by atoms with Crippen molar-refractivity contribution in [2.45, 2.75) is 44.2 Å². The van der Waals surface area contributed by atoms with E-state index in [4.69, 9.17) is 5.26 Å². The fourth-order valence-electron chi connectivity index (χ4n) is 5.78. The fourth-order valence-corrected chi connectivity index (χ4v) is 5.78. The normalized spacial score (nSPS) is 36.7. The molecule has 0 radical (unpaired) electrons. The number of hydrogen-bond donors (Lipinski definition) is 3. The standard InChI is InChI=1S/C20H24FN5O/c21-17-12(10-22)3-1-5-16(17)23-19(27)26-8-6-15-14(11-26)18(25-24-15)20-7-2-4-13(20)9-20/h1,3,5,13-15,18,24-25H,2,4,6-9,11H2,(H,23,27). The molecule has 1 aromatic rings. The van der Waals surface area contributed by atoms with Gasteiger partial charge in [-0.25, -0.2) is 9.18 Å². The Hall–Kier alpha value is -2.17. The number of hydrazine groups is 1. The Morgan fingerprint density at radius 3 is 3.00 bits per heavy atom. The van der Waals surface area contributed by atoms with Gasteiger partial charge in [0.25, 0.3) is 0 Å². The summed E-state index contributed by atoms with van der Waals surface area (Å²) in [7, 11) is 0. The topological polar surface area (TPSA) is 80.2 Å². The summed E-state index contributed by atoms with van der Waals surface area (Å²) in [4.78, 5) is 14.5. The zero-order valence-corrected chi connectivity index (χ0v) is 15.2. The second kappa shape index (κ2) is 6.18. The molecule has 0 spiro atoms. The summed E-state index contributed by atoms with van der Waals surface area (Å²) >= 11 is 0. The number of rotatable bonds is 2. The number of nitriles is 1. The molecule has 4 fully saturated rings. The zero-order valence-electron chi connectivity index (χ0n) is 15.2. The minimum atomic E-state index is -0.670. The summed E-state index contributed by atoms with van der Waals surface area (Å²) in [6.07, 6.45) is 6.16. The third kappa shape index (κ3) is 2.62. The fraction of sp³-hybridized carbons (Fsp3) is 0.600. The van der Waals surface area contributed by atoms with Gasteiger partial charge >= 0.3 is 6.03 Å². The van der Waals surface area contributed by atoms with Crippen molar-refractivity contribution in [3.05, 3.63) is 29.6 Å². The molecule has 27 heavy (non-hydrogen) atoms. The number of carbonyl (C=O) groups is 1. The van der Waals surface area contributed by atoms with Crippen molar-refractivity contribution in [2.24, 2.45) is 17.3 Å². The number of nitrogens with zero attached hydrogens (tertiary/aromatic N) is 2. The minimum Gasteiger partial charge on any atom is -0.324 e. The van der Waals surface area contributed by atoms with Crippen LogP contribution in [0.15, 0.2) is 18.2 Å². The summed E-state index contributed by atoms with van der Waals surface area (Å²) in [6.45, 7) is 1.32. The highest BCUT2D eigenvalue weighted by Crippen LogP contribution is 2.67. The van der Waals surface area contributed by atoms with E-state index in [1.54, 1.807) is 11.0 Å². The van der Waals surface area contributed by atoms with Gasteiger partial charge in [-0.05, 0) is 49.1 Å². The molecular formula is C20H24FN5O. The van der Waals surface area contributed by atoms with Crippen molar-refractivity contribution in [3.8, 4) is 6.07 Å². The van der Waals surface area contributed by atoms with E-state index in [2.05, 4.69) is 16.2 Å². The van der Waals surface area contributed by atoms with E-state index in [-0.39, 0.29) is 17.3 Å². The number of carbonyl (C=O) groups excluding carboxylic acids is 1. The molecule has 0 aromatic heterocycles. The molecule has 1 aromatic carbocycles. The molecule has 2 aliphatic carbocycles. The Labute approximate surface area is 158 Å². The summed E-state index contributed by atoms with van der Waals surface area (Å²) in [5.74, 6) is 0.571. The molecule has 2 saturated heterocycles. The summed E-state index contributed by atoms with van der Waals surface area (Å²) < 4.78 is 14.3. The van der Waals surface area contributed by atoms with Crippen LogP contribution in [0.4, 0.5) is 14.9 Å². The van der Waals surface area contributed by atoms with Gasteiger partial charge in [-0.2, -0.15) is 5.26 Å². The lowest BCUT2D eigenvalue weighted by Gasteiger charge is -2.38. The van der Waals surface area contributed by atoms with Crippen LogP contribution in [0.5, 0.6) is 0 Å². The molecule has 5 atom stereocenters. The Morgan fingerprint density at radius 2 is 2.26 bits per heavy atom. The largest absolute Gasteiger partial charge is 0.324 e. The van der Waals surface area contributed by atoms with Crippen molar-refractivity contribution in [1.29, 1.82) is 5.26 Å². The third-order valence-corrected chi connectivity index (χ3v) is 7.25. The Bertz CT molecular complexity index is 823. The highest BCUT2D eigenvalue weighted by atomic mass is 19.1. The van der Waals surface area contributed by atoms with Crippen LogP contribution in [-0.4, -0.2) is 36.1 Å². The summed E-state index contributed by atoms with van der Waals surface area (Å²) in [5.41, 5.74) is 7.46. The van der Waals surface area contributed by atoms with Gasteiger partial charge in [-0.1, -0.05) is 12.5 Å². The van der Waals surface area contributed by atoms with Gasteiger partial charge in [-0.15, -0.1) is 0 Å². The van der Waals surface area contributed by atoms with E-state index < -0.39 is 5.82 Å². The molecule has 7 heteroatoms. The molecule has 3 N–H and O–H groups in total. The molecule has 6 nitrogen and oxygen atoms in total. The molecule has 2 amide bonds. The number of urea groups is 1. The second-order valence-corrected chi connectivity index (χ2v) is 8.51. The Morgan fingerprint density at radius 1 is 1.37 bits per heavy atom. The molecule has 142 valence electrons. The smallest absolute Gasteiger partial charge is 0.321 e. The van der Waals surface area contributed by atoms with E-state index in [1.807, 2.05) is 6.07 Å². The van der Waals surface area contributed by atoms with Crippen LogP contribution in [0.25, 0.3) is 0 Å². The van der Waals surface area contributed by atoms with E-state index in [0.29, 0.717) is 36.5 Å². The summed E-state index contributed by atoms with van der Waals surface area (Å²) in [6, 6.07) is 6.82. The molecule has 5 unspecified atom stereocenters. The van der Waals surface area contributed by atoms with Crippen molar-refractivity contribution in [2.75, 3.05) is 18.4 Å². The maximum Gasteiger partial charge on any atom is 0.321 e. The molecule has 4 aliphatic rings. The van der Waals surface area contributed by atoms with Crippen molar-refractivity contribution >= 4 is 11.7 Å². The first-order chi connectivity index (χ1) is 13.1. The van der Waals surface area contributed by atoms with Gasteiger partial charge in [0, 0.05) is 31.1 Å². The van der Waals surface area contributed by atoms with Crippen LogP contribution in [-0.2, 0) is 0 Å². The molecule has 5 rings (SSSR count). The number of piperidine rings is 1. The second-order valence-electron chi connectivity index (χ2n) is 8.51. The Balaban J connectivity index is 1.29.